The molecule has 2 amide bonds. The van der Waals surface area contributed by atoms with Gasteiger partial charge in [-0.15, -0.1) is 0 Å². The number of fused-ring (bicyclic) bond motifs is 1. The van der Waals surface area contributed by atoms with Crippen molar-refractivity contribution in [3.8, 4) is 0 Å². The van der Waals surface area contributed by atoms with Crippen molar-refractivity contribution >= 4 is 11.8 Å². The van der Waals surface area contributed by atoms with Crippen molar-refractivity contribution in [1.82, 2.24) is 15.8 Å². The Balaban J connectivity index is 1.57. The summed E-state index contributed by atoms with van der Waals surface area (Å²) in [4.78, 5) is 26.3. The van der Waals surface area contributed by atoms with E-state index in [9.17, 15) is 14.0 Å². The molecule has 0 aromatic heterocycles. The first-order valence-electron chi connectivity index (χ1n) is 8.22. The zero-order valence-corrected chi connectivity index (χ0v) is 14.0. The summed E-state index contributed by atoms with van der Waals surface area (Å²) in [6.07, 6.45) is 0.884. The molecule has 1 atom stereocenters. The van der Waals surface area contributed by atoms with Crippen LogP contribution in [-0.2, 0) is 17.8 Å². The minimum Gasteiger partial charge on any atom is -0.287 e. The van der Waals surface area contributed by atoms with Crippen molar-refractivity contribution in [1.29, 1.82) is 0 Å². The van der Waals surface area contributed by atoms with E-state index in [-0.39, 0.29) is 11.5 Å². The van der Waals surface area contributed by atoms with Crippen LogP contribution < -0.4 is 10.9 Å². The van der Waals surface area contributed by atoms with Crippen LogP contribution in [0.1, 0.15) is 28.4 Å². The molecular formula is C19H20FN3O2. The van der Waals surface area contributed by atoms with Crippen LogP contribution in [-0.4, -0.2) is 29.3 Å². The first-order valence-corrected chi connectivity index (χ1v) is 8.22. The number of carbonyl (C=O) groups is 2. The Morgan fingerprint density at radius 2 is 1.72 bits per heavy atom. The van der Waals surface area contributed by atoms with E-state index in [1.54, 1.807) is 13.0 Å². The van der Waals surface area contributed by atoms with Crippen LogP contribution in [0.25, 0.3) is 0 Å². The monoisotopic (exact) mass is 341 g/mol. The number of hydrazine groups is 1. The lowest BCUT2D eigenvalue weighted by Crippen LogP contribution is -2.52. The SMILES string of the molecule is C[C@H](C(=O)NNC(=O)c1ccccc1F)N1CCc2ccccc2C1. The summed E-state index contributed by atoms with van der Waals surface area (Å²) in [7, 11) is 0. The van der Waals surface area contributed by atoms with Crippen LogP contribution in [0.15, 0.2) is 48.5 Å². The lowest BCUT2D eigenvalue weighted by molar-refractivity contribution is -0.127. The Morgan fingerprint density at radius 3 is 2.48 bits per heavy atom. The predicted octanol–water partition coefficient (Wildman–Crippen LogP) is 2.03. The maximum absolute atomic E-state index is 13.6. The molecule has 2 aromatic carbocycles. The molecule has 0 radical (unpaired) electrons. The van der Waals surface area contributed by atoms with Crippen molar-refractivity contribution in [3.05, 3.63) is 71.0 Å². The normalized spacial score (nSPS) is 15.1. The Kier molecular flexibility index (Phi) is 5.09. The quantitative estimate of drug-likeness (QED) is 0.840. The van der Waals surface area contributed by atoms with Gasteiger partial charge in [-0.2, -0.15) is 0 Å². The maximum Gasteiger partial charge on any atom is 0.272 e. The zero-order valence-electron chi connectivity index (χ0n) is 14.0. The lowest BCUT2D eigenvalue weighted by atomic mass is 9.99. The van der Waals surface area contributed by atoms with E-state index in [1.165, 1.54) is 29.3 Å². The number of nitrogens with one attached hydrogen (secondary N) is 2. The third kappa shape index (κ3) is 3.85. The summed E-state index contributed by atoms with van der Waals surface area (Å²) in [6.45, 7) is 3.25. The molecule has 5 nitrogen and oxygen atoms in total. The molecule has 0 fully saturated rings. The summed E-state index contributed by atoms with van der Waals surface area (Å²) in [5.74, 6) is -1.64. The average molecular weight is 341 g/mol. The third-order valence-electron chi connectivity index (χ3n) is 4.51. The molecule has 25 heavy (non-hydrogen) atoms. The first-order chi connectivity index (χ1) is 12.1. The van der Waals surface area contributed by atoms with E-state index in [0.29, 0.717) is 6.54 Å². The Bertz CT molecular complexity index is 794. The molecule has 0 aliphatic carbocycles. The fourth-order valence-corrected chi connectivity index (χ4v) is 2.95. The van der Waals surface area contributed by atoms with Crippen molar-refractivity contribution in [2.45, 2.75) is 25.9 Å². The molecule has 1 heterocycles. The smallest absolute Gasteiger partial charge is 0.272 e. The fourth-order valence-electron chi connectivity index (χ4n) is 2.95. The van der Waals surface area contributed by atoms with Crippen molar-refractivity contribution in [3.63, 3.8) is 0 Å². The molecule has 0 unspecified atom stereocenters. The standard InChI is InChI=1S/C19H20FN3O2/c1-13(23-11-10-14-6-2-3-7-15(14)12-23)18(24)21-22-19(25)16-8-4-5-9-17(16)20/h2-9,13H,10-12H2,1H3,(H,21,24)(H,22,25)/t13-/m1/s1. The zero-order chi connectivity index (χ0) is 17.8. The Labute approximate surface area is 145 Å². The highest BCUT2D eigenvalue weighted by Gasteiger charge is 2.25. The van der Waals surface area contributed by atoms with Crippen LogP contribution >= 0.6 is 0 Å². The fraction of sp³-hybridized carbons (Fsp3) is 0.263. The predicted molar refractivity (Wildman–Crippen MR) is 92.0 cm³/mol. The van der Waals surface area contributed by atoms with Gasteiger partial charge in [0.15, 0.2) is 0 Å². The van der Waals surface area contributed by atoms with Gasteiger partial charge in [-0.1, -0.05) is 36.4 Å². The second-order valence-electron chi connectivity index (χ2n) is 6.09. The van der Waals surface area contributed by atoms with E-state index in [1.807, 2.05) is 17.0 Å². The molecular weight excluding hydrogens is 321 g/mol. The summed E-state index contributed by atoms with van der Waals surface area (Å²) in [5, 5.41) is 0. The van der Waals surface area contributed by atoms with Gasteiger partial charge in [-0.3, -0.25) is 25.3 Å². The third-order valence-corrected chi connectivity index (χ3v) is 4.51. The number of benzene rings is 2. The summed E-state index contributed by atoms with van der Waals surface area (Å²) in [5.41, 5.74) is 7.06. The van der Waals surface area contributed by atoms with Gasteiger partial charge in [0.25, 0.3) is 11.8 Å². The van der Waals surface area contributed by atoms with Gasteiger partial charge < -0.3 is 0 Å². The number of nitrogens with zero attached hydrogens (tertiary/aromatic N) is 1. The molecule has 1 aliphatic heterocycles. The minimum absolute atomic E-state index is 0.109. The highest BCUT2D eigenvalue weighted by molar-refractivity contribution is 5.96. The molecule has 2 N–H and O–H groups in total. The van der Waals surface area contributed by atoms with Crippen molar-refractivity contribution in [2.75, 3.05) is 6.54 Å². The molecule has 6 heteroatoms. The van der Waals surface area contributed by atoms with Gasteiger partial charge in [-0.05, 0) is 36.6 Å². The van der Waals surface area contributed by atoms with Gasteiger partial charge >= 0.3 is 0 Å². The molecule has 3 rings (SSSR count). The topological polar surface area (TPSA) is 61.4 Å². The first kappa shape index (κ1) is 17.1. The molecule has 2 aromatic rings. The van der Waals surface area contributed by atoms with Crippen LogP contribution in [0, 0.1) is 5.82 Å². The lowest BCUT2D eigenvalue weighted by Gasteiger charge is -2.32. The number of amides is 2. The van der Waals surface area contributed by atoms with Crippen molar-refractivity contribution < 1.29 is 14.0 Å². The number of rotatable bonds is 3. The minimum atomic E-state index is -0.678. The largest absolute Gasteiger partial charge is 0.287 e. The number of hydrogen-bond acceptors (Lipinski definition) is 3. The Morgan fingerprint density at radius 1 is 1.04 bits per heavy atom. The van der Waals surface area contributed by atoms with E-state index in [2.05, 4.69) is 23.0 Å². The van der Waals surface area contributed by atoms with Crippen molar-refractivity contribution in [2.24, 2.45) is 0 Å². The highest BCUT2D eigenvalue weighted by atomic mass is 19.1. The Hall–Kier alpha value is -2.73. The van der Waals surface area contributed by atoms with Gasteiger partial charge in [0.05, 0.1) is 11.6 Å². The summed E-state index contributed by atoms with van der Waals surface area (Å²) in [6, 6.07) is 13.4. The highest BCUT2D eigenvalue weighted by Crippen LogP contribution is 2.20. The van der Waals surface area contributed by atoms with E-state index in [4.69, 9.17) is 0 Å². The number of halogens is 1. The molecule has 1 aliphatic rings. The maximum atomic E-state index is 13.6. The number of carbonyl (C=O) groups excluding carboxylic acids is 2. The second kappa shape index (κ2) is 7.44. The van der Waals surface area contributed by atoms with Crippen LogP contribution in [0.4, 0.5) is 4.39 Å². The molecule has 0 saturated carbocycles. The summed E-state index contributed by atoms with van der Waals surface area (Å²) < 4.78 is 13.6. The van der Waals surface area contributed by atoms with Crippen LogP contribution in [0.3, 0.4) is 0 Å². The second-order valence-corrected chi connectivity index (χ2v) is 6.09. The molecule has 0 saturated heterocycles. The van der Waals surface area contributed by atoms with Gasteiger partial charge in [0.1, 0.15) is 5.82 Å². The van der Waals surface area contributed by atoms with Gasteiger partial charge in [-0.25, -0.2) is 4.39 Å². The van der Waals surface area contributed by atoms with Crippen LogP contribution in [0.5, 0.6) is 0 Å². The number of hydrogen-bond donors (Lipinski definition) is 2. The van der Waals surface area contributed by atoms with Crippen LogP contribution in [0.2, 0.25) is 0 Å². The van der Waals surface area contributed by atoms with E-state index >= 15 is 0 Å². The van der Waals surface area contributed by atoms with Gasteiger partial charge in [0, 0.05) is 13.1 Å². The van der Waals surface area contributed by atoms with E-state index < -0.39 is 17.8 Å². The van der Waals surface area contributed by atoms with Gasteiger partial charge in [0.2, 0.25) is 0 Å². The molecule has 0 bridgehead atoms. The molecule has 130 valence electrons. The average Bonchev–Trinajstić information content (AvgIpc) is 2.65. The summed E-state index contributed by atoms with van der Waals surface area (Å²) >= 11 is 0. The molecule has 0 spiro atoms. The van der Waals surface area contributed by atoms with E-state index in [0.717, 1.165) is 13.0 Å².